The normalized spacial score (nSPS) is 30.4. The third-order valence-electron chi connectivity index (χ3n) is 7.01. The van der Waals surface area contributed by atoms with Crippen molar-refractivity contribution in [3.8, 4) is 0 Å². The van der Waals surface area contributed by atoms with Crippen molar-refractivity contribution in [3.05, 3.63) is 24.3 Å². The van der Waals surface area contributed by atoms with E-state index in [-0.39, 0.29) is 0 Å². The Morgan fingerprint density at radius 1 is 0.577 bits per heavy atom. The van der Waals surface area contributed by atoms with Gasteiger partial charge in [0.05, 0.1) is 0 Å². The van der Waals surface area contributed by atoms with E-state index in [1.165, 1.54) is 103 Å². The van der Waals surface area contributed by atoms with Gasteiger partial charge in [-0.15, -0.1) is 0 Å². The SMILES string of the molecule is CCC/C=C/[C@H]1CC[C@H](/C=C/CC[C@H]2CC[C@H](CCCCC)CC2)CC1. The summed E-state index contributed by atoms with van der Waals surface area (Å²) < 4.78 is 0. The molecule has 2 rings (SSSR count). The van der Waals surface area contributed by atoms with E-state index in [1.54, 1.807) is 0 Å². The maximum atomic E-state index is 2.57. The molecule has 26 heavy (non-hydrogen) atoms. The van der Waals surface area contributed by atoms with Crippen LogP contribution in [0.1, 0.15) is 117 Å². The first-order valence-corrected chi connectivity index (χ1v) is 12.1. The summed E-state index contributed by atoms with van der Waals surface area (Å²) in [5.41, 5.74) is 0. The summed E-state index contributed by atoms with van der Waals surface area (Å²) in [6, 6.07) is 0. The first-order valence-electron chi connectivity index (χ1n) is 12.1. The van der Waals surface area contributed by atoms with Crippen molar-refractivity contribution in [2.24, 2.45) is 23.7 Å². The van der Waals surface area contributed by atoms with Crippen LogP contribution in [0.2, 0.25) is 0 Å². The lowest BCUT2D eigenvalue weighted by atomic mass is 9.78. The summed E-state index contributed by atoms with van der Waals surface area (Å²) in [4.78, 5) is 0. The molecule has 0 heterocycles. The molecule has 2 aliphatic rings. The van der Waals surface area contributed by atoms with Gasteiger partial charge in [-0.2, -0.15) is 0 Å². The van der Waals surface area contributed by atoms with Gasteiger partial charge < -0.3 is 0 Å². The molecule has 0 spiro atoms. The number of hydrogen-bond donors (Lipinski definition) is 0. The van der Waals surface area contributed by atoms with Crippen molar-refractivity contribution in [1.82, 2.24) is 0 Å². The van der Waals surface area contributed by atoms with Gasteiger partial charge in [0, 0.05) is 0 Å². The minimum Gasteiger partial charge on any atom is -0.0883 e. The Bertz CT molecular complexity index is 375. The van der Waals surface area contributed by atoms with Crippen LogP contribution in [0.5, 0.6) is 0 Å². The minimum absolute atomic E-state index is 0.874. The summed E-state index contributed by atoms with van der Waals surface area (Å²) >= 11 is 0. The Morgan fingerprint density at radius 2 is 1.12 bits per heavy atom. The van der Waals surface area contributed by atoms with Gasteiger partial charge in [0.2, 0.25) is 0 Å². The van der Waals surface area contributed by atoms with Gasteiger partial charge in [0.15, 0.2) is 0 Å². The molecule has 0 atom stereocenters. The third kappa shape index (κ3) is 8.92. The van der Waals surface area contributed by atoms with E-state index >= 15 is 0 Å². The van der Waals surface area contributed by atoms with Gasteiger partial charge in [-0.05, 0) is 68.6 Å². The van der Waals surface area contributed by atoms with Crippen LogP contribution in [0.3, 0.4) is 0 Å². The van der Waals surface area contributed by atoms with E-state index in [1.807, 2.05) is 0 Å². The van der Waals surface area contributed by atoms with Crippen molar-refractivity contribution in [3.63, 3.8) is 0 Å². The number of rotatable bonds is 11. The molecule has 0 bridgehead atoms. The molecule has 0 nitrogen and oxygen atoms in total. The number of allylic oxidation sites excluding steroid dienone is 4. The zero-order chi connectivity index (χ0) is 18.5. The fraction of sp³-hybridized carbons (Fsp3) is 0.846. The van der Waals surface area contributed by atoms with Crippen LogP contribution in [0, 0.1) is 23.7 Å². The fourth-order valence-electron chi connectivity index (χ4n) is 5.10. The maximum absolute atomic E-state index is 2.57. The van der Waals surface area contributed by atoms with E-state index in [0.29, 0.717) is 0 Å². The van der Waals surface area contributed by atoms with E-state index in [0.717, 1.165) is 23.7 Å². The lowest BCUT2D eigenvalue weighted by molar-refractivity contribution is 0.250. The second-order valence-electron chi connectivity index (χ2n) is 9.28. The zero-order valence-electron chi connectivity index (χ0n) is 17.9. The lowest BCUT2D eigenvalue weighted by Gasteiger charge is -2.28. The Morgan fingerprint density at radius 3 is 1.65 bits per heavy atom. The maximum Gasteiger partial charge on any atom is -0.0233 e. The largest absolute Gasteiger partial charge is 0.0883 e. The molecule has 0 aromatic rings. The van der Waals surface area contributed by atoms with Gasteiger partial charge in [0.1, 0.15) is 0 Å². The summed E-state index contributed by atoms with van der Waals surface area (Å²) in [6.07, 6.45) is 32.9. The second-order valence-corrected chi connectivity index (χ2v) is 9.28. The molecular weight excluding hydrogens is 312 g/mol. The predicted octanol–water partition coefficient (Wildman–Crippen LogP) is 8.87. The van der Waals surface area contributed by atoms with Crippen LogP contribution >= 0.6 is 0 Å². The van der Waals surface area contributed by atoms with Crippen LogP contribution in [-0.4, -0.2) is 0 Å². The summed E-state index contributed by atoms with van der Waals surface area (Å²) in [7, 11) is 0. The van der Waals surface area contributed by atoms with Gasteiger partial charge in [0.25, 0.3) is 0 Å². The monoisotopic (exact) mass is 358 g/mol. The minimum atomic E-state index is 0.874. The molecule has 0 aromatic heterocycles. The average molecular weight is 359 g/mol. The highest BCUT2D eigenvalue weighted by Crippen LogP contribution is 2.35. The van der Waals surface area contributed by atoms with E-state index < -0.39 is 0 Å². The first kappa shape index (κ1) is 21.8. The van der Waals surface area contributed by atoms with Crippen molar-refractivity contribution >= 4 is 0 Å². The number of hydrogen-bond acceptors (Lipinski definition) is 0. The van der Waals surface area contributed by atoms with Gasteiger partial charge in [-0.3, -0.25) is 0 Å². The van der Waals surface area contributed by atoms with Crippen molar-refractivity contribution in [1.29, 1.82) is 0 Å². The van der Waals surface area contributed by atoms with Crippen molar-refractivity contribution in [2.75, 3.05) is 0 Å². The highest BCUT2D eigenvalue weighted by atomic mass is 14.3. The quantitative estimate of drug-likeness (QED) is 0.255. The zero-order valence-corrected chi connectivity index (χ0v) is 17.9. The highest BCUT2D eigenvalue weighted by Gasteiger charge is 2.20. The topological polar surface area (TPSA) is 0 Å². The molecule has 2 aliphatic carbocycles. The van der Waals surface area contributed by atoms with Gasteiger partial charge in [-0.25, -0.2) is 0 Å². The predicted molar refractivity (Wildman–Crippen MR) is 117 cm³/mol. The lowest BCUT2D eigenvalue weighted by Crippen LogP contribution is -2.14. The van der Waals surface area contributed by atoms with Crippen molar-refractivity contribution in [2.45, 2.75) is 117 Å². The molecule has 0 radical (unpaired) electrons. The highest BCUT2D eigenvalue weighted by molar-refractivity contribution is 4.96. The Hall–Kier alpha value is -0.520. The molecule has 0 heteroatoms. The molecule has 2 saturated carbocycles. The van der Waals surface area contributed by atoms with Crippen LogP contribution in [0.4, 0.5) is 0 Å². The fourth-order valence-corrected chi connectivity index (χ4v) is 5.10. The molecule has 0 amide bonds. The molecule has 0 unspecified atom stereocenters. The van der Waals surface area contributed by atoms with Gasteiger partial charge >= 0.3 is 0 Å². The van der Waals surface area contributed by atoms with E-state index in [2.05, 4.69) is 38.2 Å². The Labute approximate surface area is 164 Å². The molecule has 0 aliphatic heterocycles. The van der Waals surface area contributed by atoms with Crippen LogP contribution in [-0.2, 0) is 0 Å². The Balaban J connectivity index is 1.51. The Kier molecular flexibility index (Phi) is 11.4. The van der Waals surface area contributed by atoms with E-state index in [9.17, 15) is 0 Å². The second kappa shape index (κ2) is 13.6. The van der Waals surface area contributed by atoms with Gasteiger partial charge in [-0.1, -0.05) is 95.9 Å². The first-order chi connectivity index (χ1) is 12.8. The van der Waals surface area contributed by atoms with Crippen LogP contribution < -0.4 is 0 Å². The summed E-state index contributed by atoms with van der Waals surface area (Å²) in [5.74, 6) is 3.84. The summed E-state index contributed by atoms with van der Waals surface area (Å²) in [6.45, 7) is 4.59. The summed E-state index contributed by atoms with van der Waals surface area (Å²) in [5, 5.41) is 0. The van der Waals surface area contributed by atoms with Crippen molar-refractivity contribution < 1.29 is 0 Å². The smallest absolute Gasteiger partial charge is 0.0233 e. The standard InChI is InChI=1S/C26H46/c1-3-5-7-11-23-15-19-25(20-16-23)13-9-10-14-26-21-17-24(18-22-26)12-8-6-4-2/h7,9,11,13,23-26H,3-6,8,10,12,14-22H2,1-2H3/b11-7+,13-9+/t23-,24-,25-,26-. The number of unbranched alkanes of at least 4 members (excludes halogenated alkanes) is 3. The van der Waals surface area contributed by atoms with E-state index in [4.69, 9.17) is 0 Å². The average Bonchev–Trinajstić information content (AvgIpc) is 2.68. The molecule has 2 fully saturated rings. The third-order valence-corrected chi connectivity index (χ3v) is 7.01. The van der Waals surface area contributed by atoms with Crippen LogP contribution in [0.15, 0.2) is 24.3 Å². The molecule has 0 N–H and O–H groups in total. The molecular formula is C26H46. The molecule has 150 valence electrons. The molecule has 0 aromatic carbocycles. The molecule has 0 saturated heterocycles. The van der Waals surface area contributed by atoms with Crippen LogP contribution in [0.25, 0.3) is 0 Å².